The maximum absolute atomic E-state index is 12.5. The van der Waals surface area contributed by atoms with Gasteiger partial charge in [-0.3, -0.25) is 4.79 Å². The maximum Gasteiger partial charge on any atom is 0.355 e. The number of carboxylic acids is 1. The van der Waals surface area contributed by atoms with Crippen LogP contribution in [-0.4, -0.2) is 53.9 Å². The zero-order valence-corrected chi connectivity index (χ0v) is 34.1. The van der Waals surface area contributed by atoms with Crippen LogP contribution < -0.4 is 5.32 Å². The number of fused-ring (bicyclic) bond motifs is 1. The Hall–Kier alpha value is -6.24. The number of carbonyl (C=O) groups excluding carboxylic acids is 1. The highest BCUT2D eigenvalue weighted by atomic mass is 79.9. The molecule has 2 N–H and O–H groups in total. The number of rotatable bonds is 12. The number of esters is 1. The van der Waals surface area contributed by atoms with E-state index in [1.54, 1.807) is 16.6 Å². The predicted molar refractivity (Wildman–Crippen MR) is 224 cm³/mol. The Morgan fingerprint density at radius 1 is 0.897 bits per heavy atom. The Morgan fingerprint density at radius 2 is 1.47 bits per heavy atom. The van der Waals surface area contributed by atoms with Gasteiger partial charge < -0.3 is 24.5 Å². The molecule has 3 heterocycles. The van der Waals surface area contributed by atoms with E-state index in [2.05, 4.69) is 57.6 Å². The van der Waals surface area contributed by atoms with Crippen LogP contribution in [0, 0.1) is 0 Å². The summed E-state index contributed by atoms with van der Waals surface area (Å²) >= 11 is 10.4. The van der Waals surface area contributed by atoms with Crippen LogP contribution in [0.1, 0.15) is 49.4 Å². The number of tetrazole rings is 1. The number of carboxylic acid groups (broad SMARTS) is 1. The predicted octanol–water partition coefficient (Wildman–Crippen LogP) is 9.31. The first-order valence-electron chi connectivity index (χ1n) is 18.7. The van der Waals surface area contributed by atoms with Gasteiger partial charge in [0.1, 0.15) is 28.3 Å². The monoisotopic (exact) mass is 856 g/mol. The first-order valence-corrected chi connectivity index (χ1v) is 19.9. The van der Waals surface area contributed by atoms with E-state index < -0.39 is 29.2 Å². The molecule has 2 unspecified atom stereocenters. The minimum absolute atomic E-state index is 0.0306. The number of carbonyl (C=O) groups is 2. The lowest BCUT2D eigenvalue weighted by Gasteiger charge is -2.43. The molecular weight excluding hydrogens is 820 g/mol. The van der Waals surface area contributed by atoms with Gasteiger partial charge >= 0.3 is 11.9 Å². The maximum atomic E-state index is 12.5. The van der Waals surface area contributed by atoms with Crippen molar-refractivity contribution in [2.24, 2.45) is 0 Å². The molecule has 7 aromatic rings. The molecule has 1 aliphatic rings. The van der Waals surface area contributed by atoms with Gasteiger partial charge in [0.2, 0.25) is 5.82 Å². The van der Waals surface area contributed by atoms with Crippen LogP contribution in [0.2, 0.25) is 0 Å². The van der Waals surface area contributed by atoms with E-state index in [0.717, 1.165) is 33.2 Å². The first-order chi connectivity index (χ1) is 28.1. The van der Waals surface area contributed by atoms with Crippen LogP contribution in [0.4, 0.5) is 0 Å². The van der Waals surface area contributed by atoms with Gasteiger partial charge in [-0.15, -0.1) is 15.0 Å². The Kier molecular flexibility index (Phi) is 10.4. The van der Waals surface area contributed by atoms with Gasteiger partial charge in [-0.1, -0.05) is 140 Å². The lowest BCUT2D eigenvalue weighted by molar-refractivity contribution is -0.155. The number of aliphatic carboxylic acids is 1. The average Bonchev–Trinajstić information content (AvgIpc) is 3.94. The summed E-state index contributed by atoms with van der Waals surface area (Å²) < 4.78 is 12.8. The third-order valence-electron chi connectivity index (χ3n) is 10.8. The third kappa shape index (κ3) is 6.51. The highest BCUT2D eigenvalue weighted by Gasteiger charge is 2.51. The third-order valence-corrected chi connectivity index (χ3v) is 11.8. The number of benzene rings is 5. The van der Waals surface area contributed by atoms with Crippen molar-refractivity contribution in [1.82, 2.24) is 30.4 Å². The van der Waals surface area contributed by atoms with Crippen molar-refractivity contribution < 1.29 is 23.8 Å². The molecule has 13 heteroatoms. The molecular formula is C45H38BrClN6O5. The summed E-state index contributed by atoms with van der Waals surface area (Å²) in [6.45, 7) is 5.06. The summed E-state index contributed by atoms with van der Waals surface area (Å²) in [5.74, 6) is -0.728. The Labute approximate surface area is 348 Å². The standard InChI is InChI=1S/C45H38BrClN6O5/c1-4-44(28(2)57-29(3)54)48-41(47)39(43(55)56)52(44)27-30-24-25-37-36(26-30)38(46)40(58-37)34-22-14-15-23-35(34)42-49-51-53(50-42)45(31-16-8-5-9-17-31,32-18-10-6-11-19-32)33-20-12-7-13-21-33/h5-26,28,48H,4,27H2,1-3H3,(H,55,56). The number of furan rings is 1. The van der Waals surface area contributed by atoms with Crippen LogP contribution in [0.5, 0.6) is 0 Å². The molecule has 0 saturated heterocycles. The molecule has 11 nitrogen and oxygen atoms in total. The molecule has 2 aromatic heterocycles. The normalized spacial score (nSPS) is 16.1. The number of nitrogens with zero attached hydrogens (tertiary/aromatic N) is 5. The van der Waals surface area contributed by atoms with Crippen LogP contribution in [-0.2, 0) is 26.4 Å². The molecule has 2 atom stereocenters. The number of hydrogen-bond donors (Lipinski definition) is 2. The fourth-order valence-electron chi connectivity index (χ4n) is 8.09. The molecule has 0 amide bonds. The van der Waals surface area contributed by atoms with Crippen molar-refractivity contribution >= 4 is 50.4 Å². The number of nitrogens with one attached hydrogen (secondary N) is 1. The van der Waals surface area contributed by atoms with E-state index in [-0.39, 0.29) is 17.4 Å². The van der Waals surface area contributed by atoms with E-state index in [4.69, 9.17) is 36.2 Å². The molecule has 0 bridgehead atoms. The highest BCUT2D eigenvalue weighted by molar-refractivity contribution is 9.10. The Bertz CT molecular complexity index is 2570. The van der Waals surface area contributed by atoms with Crippen molar-refractivity contribution in [1.29, 1.82) is 0 Å². The lowest BCUT2D eigenvalue weighted by atomic mass is 9.77. The molecule has 0 radical (unpaired) electrons. The smallest absolute Gasteiger partial charge is 0.355 e. The molecule has 5 aromatic carbocycles. The molecule has 58 heavy (non-hydrogen) atoms. The van der Waals surface area contributed by atoms with Crippen molar-refractivity contribution in [2.75, 3.05) is 0 Å². The zero-order chi connectivity index (χ0) is 40.6. The summed E-state index contributed by atoms with van der Waals surface area (Å²) in [7, 11) is 0. The van der Waals surface area contributed by atoms with Gasteiger partial charge in [-0.2, -0.15) is 0 Å². The molecule has 292 valence electrons. The number of halogens is 2. The number of ether oxygens (including phenoxy) is 1. The fraction of sp³-hybridized carbons (Fsp3) is 0.178. The SMILES string of the molecule is CCC1(C(C)OC(C)=O)NC(Cl)=C(C(=O)O)N1Cc1ccc2oc(-c3ccccc3-c3nnn(C(c4ccccc4)(c4ccccc4)c4ccccc4)n3)c(Br)c2c1. The number of aromatic nitrogens is 4. The Balaban J connectivity index is 1.21. The van der Waals surface area contributed by atoms with Gasteiger partial charge in [-0.25, -0.2) is 4.79 Å². The second-order valence-electron chi connectivity index (χ2n) is 14.0. The van der Waals surface area contributed by atoms with Gasteiger partial charge in [-0.05, 0) is 68.9 Å². The van der Waals surface area contributed by atoms with E-state index in [1.807, 2.05) is 104 Å². The summed E-state index contributed by atoms with van der Waals surface area (Å²) in [5.41, 5.74) is 3.57. The largest absolute Gasteiger partial charge is 0.476 e. The van der Waals surface area contributed by atoms with E-state index in [1.165, 1.54) is 6.92 Å². The highest BCUT2D eigenvalue weighted by Crippen LogP contribution is 2.44. The quantitative estimate of drug-likeness (QED) is 0.0696. The molecule has 0 fully saturated rings. The second kappa shape index (κ2) is 15.6. The summed E-state index contributed by atoms with van der Waals surface area (Å²) in [4.78, 5) is 27.9. The van der Waals surface area contributed by atoms with E-state index in [0.29, 0.717) is 33.6 Å². The molecule has 0 aliphatic carbocycles. The van der Waals surface area contributed by atoms with Gasteiger partial charge in [0.15, 0.2) is 11.2 Å². The number of hydrogen-bond acceptors (Lipinski definition) is 9. The van der Waals surface area contributed by atoms with Crippen molar-refractivity contribution in [2.45, 2.75) is 51.0 Å². The fourth-order valence-corrected chi connectivity index (χ4v) is 9.04. The zero-order valence-electron chi connectivity index (χ0n) is 31.8. The summed E-state index contributed by atoms with van der Waals surface area (Å²) in [6.07, 6.45) is -0.354. The van der Waals surface area contributed by atoms with Crippen molar-refractivity contribution in [3.05, 3.63) is 171 Å². The van der Waals surface area contributed by atoms with E-state index in [9.17, 15) is 14.7 Å². The van der Waals surface area contributed by atoms with Crippen LogP contribution in [0.3, 0.4) is 0 Å². The van der Waals surface area contributed by atoms with Crippen LogP contribution in [0.25, 0.3) is 33.7 Å². The summed E-state index contributed by atoms with van der Waals surface area (Å²) in [6, 6.07) is 43.9. The average molecular weight is 858 g/mol. The molecule has 8 rings (SSSR count). The topological polar surface area (TPSA) is 136 Å². The van der Waals surface area contributed by atoms with Crippen molar-refractivity contribution in [3.63, 3.8) is 0 Å². The molecule has 0 spiro atoms. The second-order valence-corrected chi connectivity index (χ2v) is 15.2. The Morgan fingerprint density at radius 3 is 2.02 bits per heavy atom. The van der Waals surface area contributed by atoms with Crippen LogP contribution in [0.15, 0.2) is 153 Å². The first kappa shape index (κ1) is 38.6. The van der Waals surface area contributed by atoms with Gasteiger partial charge in [0.05, 0.1) is 4.47 Å². The lowest BCUT2D eigenvalue weighted by Crippen LogP contribution is -2.60. The summed E-state index contributed by atoms with van der Waals surface area (Å²) in [5, 5.41) is 28.7. The molecule has 1 aliphatic heterocycles. The van der Waals surface area contributed by atoms with Crippen molar-refractivity contribution in [3.8, 4) is 22.7 Å². The van der Waals surface area contributed by atoms with E-state index >= 15 is 0 Å². The minimum atomic E-state index is -1.20. The van der Waals surface area contributed by atoms with Gasteiger partial charge in [0, 0.05) is 30.0 Å². The van der Waals surface area contributed by atoms with Crippen LogP contribution >= 0.6 is 27.5 Å². The molecule has 0 saturated carbocycles. The minimum Gasteiger partial charge on any atom is -0.476 e. The van der Waals surface area contributed by atoms with Gasteiger partial charge in [0.25, 0.3) is 0 Å².